The van der Waals surface area contributed by atoms with E-state index >= 15 is 0 Å². The Morgan fingerprint density at radius 1 is 0.500 bits per heavy atom. The number of carbonyl (C=O) groups excluding carboxylic acids is 11. The van der Waals surface area contributed by atoms with Crippen LogP contribution in [0.4, 0.5) is 0 Å². The fourth-order valence-electron chi connectivity index (χ4n) is 8.29. The quantitative estimate of drug-likeness (QED) is 0.0340. The van der Waals surface area contributed by atoms with E-state index in [1.54, 1.807) is 13.8 Å². The molecule has 13 atom stereocenters. The minimum absolute atomic E-state index is 0.0223. The van der Waals surface area contributed by atoms with Gasteiger partial charge in [-0.1, -0.05) is 40.5 Å². The summed E-state index contributed by atoms with van der Waals surface area (Å²) in [6.45, 7) is 9.83. The van der Waals surface area contributed by atoms with E-state index in [2.05, 4.69) is 72.3 Å². The van der Waals surface area contributed by atoms with Gasteiger partial charge in [-0.05, 0) is 117 Å². The minimum Gasteiger partial charge on any atom is -0.391 e. The Bertz CT molecular complexity index is 2030. The molecule has 458 valence electrons. The largest absolute Gasteiger partial charge is 0.391 e. The summed E-state index contributed by atoms with van der Waals surface area (Å²) < 4.78 is 0. The second-order valence-electron chi connectivity index (χ2n) is 20.9. The van der Waals surface area contributed by atoms with E-state index in [4.69, 9.17) is 28.7 Å². The number of hydrogen-bond donors (Lipinski definition) is 19. The molecule has 30 heteroatoms. The number of aliphatic hydroxyl groups excluding tert-OH is 3. The van der Waals surface area contributed by atoms with Gasteiger partial charge in [-0.15, -0.1) is 0 Å². The van der Waals surface area contributed by atoms with E-state index in [0.29, 0.717) is 12.3 Å². The molecule has 0 aliphatic carbocycles. The van der Waals surface area contributed by atoms with Gasteiger partial charge in [0.1, 0.15) is 60.4 Å². The molecule has 0 bridgehead atoms. The molecule has 1 fully saturated rings. The monoisotopic (exact) mass is 1140 g/mol. The third kappa shape index (κ3) is 26.0. The standard InChI is InChI=1S/C50H94N16O14/c1-25(2)10-8-9-11-37(70)57-30(12-18-51)45(75)65-39(28(6)68)49(79)62-33(15-21-54)42(72)60-35-17-23-56-48(78)38(27(5)67)64-46(76)34(16-22-55)59-41(71)32(14-20-53)61-50(80)40(29(7)69)66-47(77)36(24-26(3)4)63-43(73)31(13-19-52)58-44(35)74/h25-36,38-40,67-69H,8-24,51-55H2,1-7H3,(H,56,78)(H,57,70)(H,58,74)(H,59,71)(H,60,72)(H,61,80)(H,62,79)(H,63,73)(H,64,76)(H,65,75)(H,66,77)/t27-,28-,29-,30+,31?,32+,33+,34+,35?,36-,38?,39+,40+/m1/s1. The van der Waals surface area contributed by atoms with Crippen LogP contribution in [0.5, 0.6) is 0 Å². The lowest BCUT2D eigenvalue weighted by Gasteiger charge is -2.29. The number of rotatable bonds is 27. The summed E-state index contributed by atoms with van der Waals surface area (Å²) in [5, 5.41) is 59.3. The van der Waals surface area contributed by atoms with Crippen molar-refractivity contribution in [3.05, 3.63) is 0 Å². The number of carbonyl (C=O) groups is 11. The maximum Gasteiger partial charge on any atom is 0.245 e. The Labute approximate surface area is 468 Å². The zero-order chi connectivity index (χ0) is 60.8. The van der Waals surface area contributed by atoms with Gasteiger partial charge in [-0.3, -0.25) is 52.7 Å². The highest BCUT2D eigenvalue weighted by Gasteiger charge is 2.38. The summed E-state index contributed by atoms with van der Waals surface area (Å²) in [6, 6.07) is -15.4. The summed E-state index contributed by atoms with van der Waals surface area (Å²) in [7, 11) is 0. The molecule has 1 aliphatic heterocycles. The van der Waals surface area contributed by atoms with Gasteiger partial charge in [-0.2, -0.15) is 0 Å². The van der Waals surface area contributed by atoms with E-state index < -0.39 is 157 Å². The first-order valence-electron chi connectivity index (χ1n) is 27.5. The van der Waals surface area contributed by atoms with Crippen molar-refractivity contribution < 1.29 is 68.1 Å². The van der Waals surface area contributed by atoms with Crippen molar-refractivity contribution in [1.82, 2.24) is 58.5 Å². The van der Waals surface area contributed by atoms with Crippen molar-refractivity contribution in [3.63, 3.8) is 0 Å². The first-order valence-corrected chi connectivity index (χ1v) is 27.5. The van der Waals surface area contributed by atoms with Crippen LogP contribution < -0.4 is 87.2 Å². The van der Waals surface area contributed by atoms with Crippen molar-refractivity contribution >= 4 is 65.0 Å². The minimum atomic E-state index is -1.73. The van der Waals surface area contributed by atoms with Gasteiger partial charge in [0.25, 0.3) is 0 Å². The van der Waals surface area contributed by atoms with Crippen molar-refractivity contribution in [2.24, 2.45) is 40.5 Å². The van der Waals surface area contributed by atoms with E-state index in [1.807, 2.05) is 0 Å². The number of hydrogen-bond acceptors (Lipinski definition) is 19. The van der Waals surface area contributed by atoms with Crippen molar-refractivity contribution in [1.29, 1.82) is 0 Å². The maximum absolute atomic E-state index is 14.4. The first kappa shape index (κ1) is 71.9. The molecule has 1 saturated heterocycles. The van der Waals surface area contributed by atoms with Crippen LogP contribution in [-0.4, -0.2) is 198 Å². The molecular formula is C50H94N16O14. The SMILES string of the molecule is CC(C)CCCCC(=O)N[C@@H](CCN)C(=O)N[C@H](C(=O)N[C@@H](CCN)C(=O)NC1CCNC(=O)C([C@@H](C)O)NC(=O)[C@H](CCN)NC(=O)[C@H](CCN)NC(=O)[C@H]([C@@H](C)O)NC(=O)[C@@H](CC(C)C)NC(=O)C(CCN)NC1=O)[C@@H](C)O. The van der Waals surface area contributed by atoms with Crippen LogP contribution in [0.3, 0.4) is 0 Å². The highest BCUT2D eigenvalue weighted by Crippen LogP contribution is 2.11. The van der Waals surface area contributed by atoms with Crippen molar-refractivity contribution in [2.75, 3.05) is 39.3 Å². The smallest absolute Gasteiger partial charge is 0.245 e. The van der Waals surface area contributed by atoms with E-state index in [9.17, 15) is 68.1 Å². The van der Waals surface area contributed by atoms with Crippen LogP contribution in [0.1, 0.15) is 119 Å². The zero-order valence-electron chi connectivity index (χ0n) is 47.4. The van der Waals surface area contributed by atoms with Crippen LogP contribution in [-0.2, 0) is 52.7 Å². The second-order valence-corrected chi connectivity index (χ2v) is 20.9. The molecular weight excluding hydrogens is 1050 g/mol. The molecule has 80 heavy (non-hydrogen) atoms. The third-order valence-corrected chi connectivity index (χ3v) is 12.8. The fraction of sp³-hybridized carbons (Fsp3) is 0.780. The highest BCUT2D eigenvalue weighted by atomic mass is 16.3. The van der Waals surface area contributed by atoms with Gasteiger partial charge in [0, 0.05) is 13.0 Å². The van der Waals surface area contributed by atoms with Crippen LogP contribution >= 0.6 is 0 Å². The van der Waals surface area contributed by atoms with Crippen molar-refractivity contribution in [2.45, 2.75) is 198 Å². The van der Waals surface area contributed by atoms with Gasteiger partial charge in [-0.25, -0.2) is 0 Å². The van der Waals surface area contributed by atoms with Gasteiger partial charge >= 0.3 is 0 Å². The molecule has 0 aromatic rings. The predicted octanol–water partition coefficient (Wildman–Crippen LogP) is -7.50. The van der Waals surface area contributed by atoms with Crippen LogP contribution in [0, 0.1) is 11.8 Å². The molecule has 0 spiro atoms. The molecule has 3 unspecified atom stereocenters. The van der Waals surface area contributed by atoms with Crippen LogP contribution in [0.25, 0.3) is 0 Å². The van der Waals surface area contributed by atoms with E-state index in [0.717, 1.165) is 12.8 Å². The molecule has 11 amide bonds. The number of aliphatic hydroxyl groups is 3. The summed E-state index contributed by atoms with van der Waals surface area (Å²) in [5.41, 5.74) is 29.0. The van der Waals surface area contributed by atoms with Gasteiger partial charge in [0.2, 0.25) is 65.0 Å². The molecule has 1 rings (SSSR count). The van der Waals surface area contributed by atoms with E-state index in [-0.39, 0.29) is 83.6 Å². The normalized spacial score (nSPS) is 23.7. The van der Waals surface area contributed by atoms with Crippen molar-refractivity contribution in [3.8, 4) is 0 Å². The zero-order valence-corrected chi connectivity index (χ0v) is 47.4. The molecule has 24 N–H and O–H groups in total. The molecule has 0 saturated carbocycles. The summed E-state index contributed by atoms with van der Waals surface area (Å²) in [5.74, 6) is -10.2. The van der Waals surface area contributed by atoms with Crippen LogP contribution in [0.2, 0.25) is 0 Å². The van der Waals surface area contributed by atoms with Gasteiger partial charge in [0.15, 0.2) is 0 Å². The Morgan fingerprint density at radius 3 is 1.41 bits per heavy atom. The number of unbranched alkanes of at least 4 members (excludes halogenated alkanes) is 1. The molecule has 30 nitrogen and oxygen atoms in total. The lowest BCUT2D eigenvalue weighted by molar-refractivity contribution is -0.137. The Balaban J connectivity index is 3.81. The Hall–Kier alpha value is -6.15. The first-order chi connectivity index (χ1) is 37.6. The maximum atomic E-state index is 14.4. The average molecular weight is 1140 g/mol. The lowest BCUT2D eigenvalue weighted by Crippen LogP contribution is -2.62. The number of nitrogens with two attached hydrogens (primary N) is 5. The van der Waals surface area contributed by atoms with Gasteiger partial charge < -0.3 is 102 Å². The van der Waals surface area contributed by atoms with E-state index in [1.165, 1.54) is 20.8 Å². The molecule has 0 aromatic carbocycles. The number of amides is 11. The topological polar surface area (TPSA) is 511 Å². The molecule has 1 aliphatic rings. The summed E-state index contributed by atoms with van der Waals surface area (Å²) in [6.07, 6.45) is -3.83. The Morgan fingerprint density at radius 2 is 0.950 bits per heavy atom. The predicted molar refractivity (Wildman–Crippen MR) is 293 cm³/mol. The summed E-state index contributed by atoms with van der Waals surface area (Å²) in [4.78, 5) is 152. The number of nitrogens with one attached hydrogen (secondary N) is 11. The second kappa shape index (κ2) is 37.7. The molecule has 0 aromatic heterocycles. The van der Waals surface area contributed by atoms with Gasteiger partial charge in [0.05, 0.1) is 18.3 Å². The lowest BCUT2D eigenvalue weighted by atomic mass is 10.0. The average Bonchev–Trinajstić information content (AvgIpc) is 3.37. The summed E-state index contributed by atoms with van der Waals surface area (Å²) >= 11 is 0. The third-order valence-electron chi connectivity index (χ3n) is 12.8. The molecule has 0 radical (unpaired) electrons. The Kier molecular flexibility index (Phi) is 33.9. The molecule has 1 heterocycles. The van der Waals surface area contributed by atoms with Crippen LogP contribution in [0.15, 0.2) is 0 Å². The fourth-order valence-corrected chi connectivity index (χ4v) is 8.29. The highest BCUT2D eigenvalue weighted by molar-refractivity contribution is 5.99.